The lowest BCUT2D eigenvalue weighted by atomic mass is 10.1. The Hall–Kier alpha value is -2.06. The normalized spacial score (nSPS) is 15.4. The van der Waals surface area contributed by atoms with Crippen LogP contribution >= 0.6 is 31.9 Å². The van der Waals surface area contributed by atoms with Gasteiger partial charge in [0, 0.05) is 4.47 Å². The van der Waals surface area contributed by atoms with E-state index in [4.69, 9.17) is 18.6 Å². The van der Waals surface area contributed by atoms with Gasteiger partial charge in [0.05, 0.1) is 14.2 Å². The maximum atomic E-state index is 12.0. The van der Waals surface area contributed by atoms with Crippen molar-refractivity contribution >= 4 is 49.8 Å². The van der Waals surface area contributed by atoms with Crippen molar-refractivity contribution in [3.8, 4) is 11.5 Å². The van der Waals surface area contributed by atoms with Gasteiger partial charge in [-0.15, -0.1) is 0 Å². The van der Waals surface area contributed by atoms with Crippen LogP contribution < -0.4 is 9.47 Å². The molecule has 0 saturated carbocycles. The largest absolute Gasteiger partial charge is 0.493 e. The number of methoxy groups -OCH3 is 2. The monoisotopic (exact) mass is 455 g/mol. The fourth-order valence-electron chi connectivity index (χ4n) is 2.07. The second-order valence-corrected chi connectivity index (χ2v) is 6.30. The van der Waals surface area contributed by atoms with Gasteiger partial charge in [0.1, 0.15) is 0 Å². The molecule has 6 nitrogen and oxygen atoms in total. The summed E-state index contributed by atoms with van der Waals surface area (Å²) in [6.07, 6.45) is 1.60. The lowest BCUT2D eigenvalue weighted by Gasteiger charge is -2.09. The summed E-state index contributed by atoms with van der Waals surface area (Å²) in [6, 6.07) is 6.84. The molecule has 0 saturated heterocycles. The van der Waals surface area contributed by atoms with Gasteiger partial charge >= 0.3 is 5.97 Å². The molecule has 0 aliphatic carbocycles. The first-order valence-electron chi connectivity index (χ1n) is 6.71. The molecule has 124 valence electrons. The van der Waals surface area contributed by atoms with Crippen molar-refractivity contribution in [1.82, 2.24) is 0 Å². The van der Waals surface area contributed by atoms with Crippen molar-refractivity contribution < 1.29 is 23.4 Å². The van der Waals surface area contributed by atoms with Crippen LogP contribution in [0.1, 0.15) is 11.3 Å². The van der Waals surface area contributed by atoms with E-state index in [9.17, 15) is 4.79 Å². The molecule has 0 spiro atoms. The van der Waals surface area contributed by atoms with E-state index in [2.05, 4.69) is 36.9 Å². The number of aliphatic imine (C=N–C) groups is 1. The number of carbonyl (C=O) groups is 1. The maximum absolute atomic E-state index is 12.0. The summed E-state index contributed by atoms with van der Waals surface area (Å²) in [6.45, 7) is 0. The molecule has 0 N–H and O–H groups in total. The molecule has 1 aromatic heterocycles. The molecule has 0 radical (unpaired) electrons. The summed E-state index contributed by atoms with van der Waals surface area (Å²) >= 11 is 6.63. The van der Waals surface area contributed by atoms with Crippen LogP contribution in [0.2, 0.25) is 0 Å². The van der Waals surface area contributed by atoms with Gasteiger partial charge in [-0.05, 0) is 51.8 Å². The molecule has 24 heavy (non-hydrogen) atoms. The molecule has 0 unspecified atom stereocenters. The minimum atomic E-state index is -0.556. The number of rotatable bonds is 4. The highest BCUT2D eigenvalue weighted by molar-refractivity contribution is 9.10. The number of hydrogen-bond donors (Lipinski definition) is 0. The van der Waals surface area contributed by atoms with Crippen LogP contribution in [0.5, 0.6) is 11.5 Å². The zero-order valence-electron chi connectivity index (χ0n) is 12.6. The van der Waals surface area contributed by atoms with E-state index >= 15 is 0 Å². The minimum absolute atomic E-state index is 0.119. The van der Waals surface area contributed by atoms with E-state index < -0.39 is 5.97 Å². The summed E-state index contributed by atoms with van der Waals surface area (Å²) in [5.41, 5.74) is 0.857. The van der Waals surface area contributed by atoms with E-state index in [0.29, 0.717) is 27.5 Å². The van der Waals surface area contributed by atoms with Crippen molar-refractivity contribution in [2.45, 2.75) is 0 Å². The average molecular weight is 457 g/mol. The van der Waals surface area contributed by atoms with Crippen LogP contribution in [0, 0.1) is 0 Å². The quantitative estimate of drug-likeness (QED) is 0.510. The third-order valence-corrected chi connectivity index (χ3v) is 4.31. The zero-order chi connectivity index (χ0) is 17.3. The van der Waals surface area contributed by atoms with E-state index in [1.54, 1.807) is 37.5 Å². The molecule has 0 amide bonds. The summed E-state index contributed by atoms with van der Waals surface area (Å²) in [4.78, 5) is 16.2. The zero-order valence-corrected chi connectivity index (χ0v) is 15.8. The summed E-state index contributed by atoms with van der Waals surface area (Å²) in [7, 11) is 3.09. The molecule has 3 rings (SSSR count). The second kappa shape index (κ2) is 6.82. The van der Waals surface area contributed by atoms with Gasteiger partial charge in [0.15, 0.2) is 27.6 Å². The van der Waals surface area contributed by atoms with E-state index in [1.807, 2.05) is 0 Å². The first-order chi connectivity index (χ1) is 11.5. The number of halogens is 2. The third-order valence-electron chi connectivity index (χ3n) is 3.20. The number of cyclic esters (lactones) is 1. The fourth-order valence-corrected chi connectivity index (χ4v) is 2.81. The lowest BCUT2D eigenvalue weighted by Crippen LogP contribution is -2.04. The van der Waals surface area contributed by atoms with Gasteiger partial charge in [-0.1, -0.05) is 15.9 Å². The highest BCUT2D eigenvalue weighted by Gasteiger charge is 2.26. The van der Waals surface area contributed by atoms with Gasteiger partial charge in [0.25, 0.3) is 5.90 Å². The summed E-state index contributed by atoms with van der Waals surface area (Å²) in [5.74, 6) is 1.04. The number of benzene rings is 1. The van der Waals surface area contributed by atoms with Crippen LogP contribution in [-0.4, -0.2) is 26.1 Å². The van der Waals surface area contributed by atoms with Crippen molar-refractivity contribution in [2.75, 3.05) is 14.2 Å². The van der Waals surface area contributed by atoms with E-state index in [0.717, 1.165) is 4.47 Å². The first-order valence-corrected chi connectivity index (χ1v) is 8.30. The molecule has 8 heteroatoms. The van der Waals surface area contributed by atoms with E-state index in [1.165, 1.54) is 7.11 Å². The fraction of sp³-hybridized carbons (Fsp3) is 0.125. The summed E-state index contributed by atoms with van der Waals surface area (Å²) < 4.78 is 22.2. The molecule has 1 aromatic carbocycles. The molecule has 2 aromatic rings. The van der Waals surface area contributed by atoms with Gasteiger partial charge in [-0.25, -0.2) is 9.79 Å². The number of furan rings is 1. The summed E-state index contributed by atoms with van der Waals surface area (Å²) in [5, 5.41) is 0. The molecule has 2 heterocycles. The second-order valence-electron chi connectivity index (χ2n) is 4.67. The molecular weight excluding hydrogens is 446 g/mol. The Morgan fingerprint density at radius 2 is 1.83 bits per heavy atom. The Morgan fingerprint density at radius 3 is 2.46 bits per heavy atom. The van der Waals surface area contributed by atoms with Crippen molar-refractivity contribution in [3.63, 3.8) is 0 Å². The Morgan fingerprint density at radius 1 is 1.12 bits per heavy atom. The number of ether oxygens (including phenoxy) is 3. The van der Waals surface area contributed by atoms with Crippen molar-refractivity contribution in [2.24, 2.45) is 4.99 Å². The predicted molar refractivity (Wildman–Crippen MR) is 94.3 cm³/mol. The van der Waals surface area contributed by atoms with Crippen molar-refractivity contribution in [1.29, 1.82) is 0 Å². The molecule has 1 aliphatic heterocycles. The Bertz CT molecular complexity index is 869. The van der Waals surface area contributed by atoms with Crippen LogP contribution in [0.4, 0.5) is 0 Å². The van der Waals surface area contributed by atoms with Crippen LogP contribution in [0.3, 0.4) is 0 Å². The number of hydrogen-bond acceptors (Lipinski definition) is 6. The van der Waals surface area contributed by atoms with Crippen LogP contribution in [0.15, 0.2) is 48.5 Å². The van der Waals surface area contributed by atoms with Gasteiger partial charge < -0.3 is 18.6 Å². The molecular formula is C16H11Br2NO5. The number of esters is 1. The topological polar surface area (TPSA) is 70.3 Å². The molecule has 0 bridgehead atoms. The Balaban J connectivity index is 1.99. The lowest BCUT2D eigenvalue weighted by molar-refractivity contribution is -0.130. The smallest absolute Gasteiger partial charge is 0.363 e. The molecule has 0 atom stereocenters. The standard InChI is InChI=1S/C16H11Br2NO5/c1-21-12-6-8(9(17)7-13(12)22-2)5-10-16(20)24-15(19-10)11-3-4-14(18)23-11/h3-7H,1-2H3. The minimum Gasteiger partial charge on any atom is -0.493 e. The Kier molecular flexibility index (Phi) is 4.77. The highest BCUT2D eigenvalue weighted by atomic mass is 79.9. The molecule has 0 fully saturated rings. The SMILES string of the molecule is COc1cc(Br)c(C=C2N=C(c3ccc(Br)o3)OC2=O)cc1OC. The van der Waals surface area contributed by atoms with Gasteiger partial charge in [-0.3, -0.25) is 0 Å². The van der Waals surface area contributed by atoms with Gasteiger partial charge in [0.2, 0.25) is 0 Å². The first kappa shape index (κ1) is 16.8. The van der Waals surface area contributed by atoms with Crippen molar-refractivity contribution in [3.05, 3.63) is 50.4 Å². The molecule has 1 aliphatic rings. The third kappa shape index (κ3) is 3.25. The highest BCUT2D eigenvalue weighted by Crippen LogP contribution is 2.35. The number of nitrogens with zero attached hydrogens (tertiary/aromatic N) is 1. The number of carbonyl (C=O) groups excluding carboxylic acids is 1. The average Bonchev–Trinajstić information content (AvgIpc) is 3.15. The van der Waals surface area contributed by atoms with Gasteiger partial charge in [-0.2, -0.15) is 0 Å². The van der Waals surface area contributed by atoms with Crippen LogP contribution in [-0.2, 0) is 9.53 Å². The maximum Gasteiger partial charge on any atom is 0.363 e. The van der Waals surface area contributed by atoms with E-state index in [-0.39, 0.29) is 11.6 Å². The Labute approximate surface area is 154 Å². The predicted octanol–water partition coefficient (Wildman–Crippen LogP) is 4.17. The van der Waals surface area contributed by atoms with Crippen LogP contribution in [0.25, 0.3) is 6.08 Å².